The van der Waals surface area contributed by atoms with Crippen molar-refractivity contribution in [2.24, 2.45) is 0 Å². The van der Waals surface area contributed by atoms with Crippen molar-refractivity contribution >= 4 is 0 Å². The Hall–Kier alpha value is -0.120. The van der Waals surface area contributed by atoms with Crippen molar-refractivity contribution in [3.05, 3.63) is 0 Å². The molecule has 12 heavy (non-hydrogen) atoms. The molecule has 0 bridgehead atoms. The zero-order valence-corrected chi connectivity index (χ0v) is 8.59. The van der Waals surface area contributed by atoms with Crippen molar-refractivity contribution in [1.82, 2.24) is 15.5 Å². The average molecular weight is 171 g/mol. The van der Waals surface area contributed by atoms with Crippen LogP contribution in [0.2, 0.25) is 0 Å². The molecular weight excluding hydrogens is 150 g/mol. The number of likely N-dealkylation sites (N-methyl/N-ethyl adjacent to an activating group) is 2. The molecule has 3 nitrogen and oxygen atoms in total. The Balaban J connectivity index is 2.40. The maximum Gasteiger partial charge on any atom is 0.0363 e. The normalized spacial score (nSPS) is 31.8. The van der Waals surface area contributed by atoms with Gasteiger partial charge >= 0.3 is 0 Å². The molecule has 0 aliphatic carbocycles. The van der Waals surface area contributed by atoms with Crippen LogP contribution in [0.1, 0.15) is 13.8 Å². The summed E-state index contributed by atoms with van der Waals surface area (Å²) < 4.78 is 0. The predicted molar refractivity (Wildman–Crippen MR) is 52.4 cm³/mol. The standard InChI is InChI=1S/C9H21N3/c1-7(2)11-9-6-12(4)5-8(9)10-3/h7-11H,5-6H2,1-4H3. The van der Waals surface area contributed by atoms with Gasteiger partial charge in [-0.15, -0.1) is 0 Å². The van der Waals surface area contributed by atoms with Crippen LogP contribution in [-0.4, -0.2) is 50.2 Å². The lowest BCUT2D eigenvalue weighted by atomic mass is 10.1. The van der Waals surface area contributed by atoms with Crippen molar-refractivity contribution in [3.63, 3.8) is 0 Å². The van der Waals surface area contributed by atoms with E-state index in [0.717, 1.165) is 13.1 Å². The van der Waals surface area contributed by atoms with Gasteiger partial charge in [-0.3, -0.25) is 0 Å². The molecular formula is C9H21N3. The molecule has 0 aromatic rings. The van der Waals surface area contributed by atoms with E-state index in [2.05, 4.69) is 36.4 Å². The molecule has 0 aromatic heterocycles. The molecule has 2 N–H and O–H groups in total. The molecule has 1 saturated heterocycles. The zero-order valence-electron chi connectivity index (χ0n) is 8.59. The van der Waals surface area contributed by atoms with Crippen LogP contribution in [0.5, 0.6) is 0 Å². The first-order valence-corrected chi connectivity index (χ1v) is 4.75. The van der Waals surface area contributed by atoms with Crippen molar-refractivity contribution in [2.45, 2.75) is 32.0 Å². The third kappa shape index (κ3) is 2.44. The summed E-state index contributed by atoms with van der Waals surface area (Å²) >= 11 is 0. The lowest BCUT2D eigenvalue weighted by Gasteiger charge is -2.21. The summed E-state index contributed by atoms with van der Waals surface area (Å²) in [6, 6.07) is 1.80. The largest absolute Gasteiger partial charge is 0.314 e. The Bertz CT molecular complexity index is 136. The van der Waals surface area contributed by atoms with E-state index in [0.29, 0.717) is 18.1 Å². The second kappa shape index (κ2) is 4.21. The molecule has 1 fully saturated rings. The summed E-state index contributed by atoms with van der Waals surface area (Å²) in [5, 5.41) is 6.91. The second-order valence-corrected chi connectivity index (χ2v) is 4.04. The highest BCUT2D eigenvalue weighted by atomic mass is 15.2. The molecule has 0 radical (unpaired) electrons. The molecule has 3 heteroatoms. The fourth-order valence-corrected chi connectivity index (χ4v) is 1.89. The Morgan fingerprint density at radius 1 is 1.25 bits per heavy atom. The van der Waals surface area contributed by atoms with Crippen LogP contribution in [0.15, 0.2) is 0 Å². The van der Waals surface area contributed by atoms with E-state index < -0.39 is 0 Å². The molecule has 1 heterocycles. The van der Waals surface area contributed by atoms with Crippen LogP contribution in [0, 0.1) is 0 Å². The number of nitrogens with zero attached hydrogens (tertiary/aromatic N) is 1. The second-order valence-electron chi connectivity index (χ2n) is 4.04. The fraction of sp³-hybridized carbons (Fsp3) is 1.00. The van der Waals surface area contributed by atoms with Crippen molar-refractivity contribution in [1.29, 1.82) is 0 Å². The smallest absolute Gasteiger partial charge is 0.0363 e. The lowest BCUT2D eigenvalue weighted by molar-refractivity contribution is 0.389. The molecule has 2 atom stereocenters. The minimum atomic E-state index is 0.581. The van der Waals surface area contributed by atoms with Gasteiger partial charge in [0.2, 0.25) is 0 Å². The number of nitrogens with one attached hydrogen (secondary N) is 2. The van der Waals surface area contributed by atoms with E-state index in [1.807, 2.05) is 7.05 Å². The van der Waals surface area contributed by atoms with Gasteiger partial charge in [-0.2, -0.15) is 0 Å². The predicted octanol–water partition coefficient (Wildman–Crippen LogP) is -0.114. The first-order chi connectivity index (χ1) is 5.63. The van der Waals surface area contributed by atoms with Crippen LogP contribution in [0.3, 0.4) is 0 Å². The molecule has 0 saturated carbocycles. The number of rotatable bonds is 3. The van der Waals surface area contributed by atoms with E-state index >= 15 is 0 Å². The van der Waals surface area contributed by atoms with Gasteiger partial charge in [0.05, 0.1) is 0 Å². The maximum atomic E-state index is 3.57. The van der Waals surface area contributed by atoms with E-state index in [9.17, 15) is 0 Å². The highest BCUT2D eigenvalue weighted by molar-refractivity contribution is 4.92. The fourth-order valence-electron chi connectivity index (χ4n) is 1.89. The number of likely N-dealkylation sites (tertiary alicyclic amines) is 1. The number of hydrogen-bond donors (Lipinski definition) is 2. The van der Waals surface area contributed by atoms with Crippen LogP contribution in [-0.2, 0) is 0 Å². The summed E-state index contributed by atoms with van der Waals surface area (Å²) in [5.74, 6) is 0. The first-order valence-electron chi connectivity index (χ1n) is 4.75. The highest BCUT2D eigenvalue weighted by Gasteiger charge is 2.29. The third-order valence-electron chi connectivity index (χ3n) is 2.42. The van der Waals surface area contributed by atoms with Crippen LogP contribution in [0.25, 0.3) is 0 Å². The monoisotopic (exact) mass is 171 g/mol. The van der Waals surface area contributed by atoms with Crippen molar-refractivity contribution < 1.29 is 0 Å². The van der Waals surface area contributed by atoms with Crippen molar-refractivity contribution in [3.8, 4) is 0 Å². The highest BCUT2D eigenvalue weighted by Crippen LogP contribution is 2.07. The Labute approximate surface area is 75.5 Å². The summed E-state index contributed by atoms with van der Waals surface area (Å²) in [5.41, 5.74) is 0. The quantitative estimate of drug-likeness (QED) is 0.620. The number of hydrogen-bond acceptors (Lipinski definition) is 3. The minimum Gasteiger partial charge on any atom is -0.314 e. The summed E-state index contributed by atoms with van der Waals surface area (Å²) in [6.07, 6.45) is 0. The molecule has 72 valence electrons. The van der Waals surface area contributed by atoms with Crippen molar-refractivity contribution in [2.75, 3.05) is 27.2 Å². The first kappa shape index (κ1) is 9.96. The van der Waals surface area contributed by atoms with Gasteiger partial charge in [-0.25, -0.2) is 0 Å². The van der Waals surface area contributed by atoms with Gasteiger partial charge in [0.25, 0.3) is 0 Å². The molecule has 1 aliphatic rings. The zero-order chi connectivity index (χ0) is 9.14. The molecule has 0 aromatic carbocycles. The Morgan fingerprint density at radius 3 is 2.33 bits per heavy atom. The lowest BCUT2D eigenvalue weighted by Crippen LogP contribution is -2.48. The van der Waals surface area contributed by atoms with Gasteiger partial charge in [-0.05, 0) is 14.1 Å². The van der Waals surface area contributed by atoms with Gasteiger partial charge in [0, 0.05) is 31.2 Å². The molecule has 1 rings (SSSR count). The van der Waals surface area contributed by atoms with Gasteiger partial charge < -0.3 is 15.5 Å². The van der Waals surface area contributed by atoms with E-state index in [1.54, 1.807) is 0 Å². The minimum absolute atomic E-state index is 0.581. The summed E-state index contributed by atoms with van der Waals surface area (Å²) in [6.45, 7) is 6.71. The van der Waals surface area contributed by atoms with E-state index in [4.69, 9.17) is 0 Å². The molecule has 0 spiro atoms. The van der Waals surface area contributed by atoms with Gasteiger partial charge in [-0.1, -0.05) is 13.8 Å². The molecule has 0 amide bonds. The molecule has 1 aliphatic heterocycles. The summed E-state index contributed by atoms with van der Waals surface area (Å²) in [7, 11) is 4.21. The van der Waals surface area contributed by atoms with Gasteiger partial charge in [0.15, 0.2) is 0 Å². The Morgan fingerprint density at radius 2 is 1.83 bits per heavy atom. The Kier molecular flexibility index (Phi) is 3.50. The van der Waals surface area contributed by atoms with Crippen LogP contribution in [0.4, 0.5) is 0 Å². The summed E-state index contributed by atoms with van der Waals surface area (Å²) in [4.78, 5) is 2.36. The van der Waals surface area contributed by atoms with E-state index in [-0.39, 0.29) is 0 Å². The average Bonchev–Trinajstić information content (AvgIpc) is 2.29. The SMILES string of the molecule is CNC1CN(C)CC1NC(C)C. The van der Waals surface area contributed by atoms with Gasteiger partial charge in [0.1, 0.15) is 0 Å². The van der Waals surface area contributed by atoms with Crippen LogP contribution >= 0.6 is 0 Å². The topological polar surface area (TPSA) is 27.3 Å². The molecule has 2 unspecified atom stereocenters. The van der Waals surface area contributed by atoms with E-state index in [1.165, 1.54) is 0 Å². The van der Waals surface area contributed by atoms with Crippen LogP contribution < -0.4 is 10.6 Å². The maximum absolute atomic E-state index is 3.57. The third-order valence-corrected chi connectivity index (χ3v) is 2.42.